The van der Waals surface area contributed by atoms with Gasteiger partial charge in [-0.15, -0.1) is 0 Å². The minimum absolute atomic E-state index is 0.943. The summed E-state index contributed by atoms with van der Waals surface area (Å²) in [6, 6.07) is 17.7. The van der Waals surface area contributed by atoms with Gasteiger partial charge < -0.3 is 5.32 Å². The topological polar surface area (TPSA) is 12.0 Å². The first-order valence-corrected chi connectivity index (χ1v) is 7.22. The van der Waals surface area contributed by atoms with Gasteiger partial charge in [-0.05, 0) is 41.3 Å². The van der Waals surface area contributed by atoms with Crippen molar-refractivity contribution in [3.05, 3.63) is 59.7 Å². The van der Waals surface area contributed by atoms with Crippen LogP contribution < -0.4 is 5.32 Å². The zero-order chi connectivity index (χ0) is 13.5. The monoisotopic (exact) mass is 253 g/mol. The van der Waals surface area contributed by atoms with Crippen molar-refractivity contribution in [2.75, 3.05) is 6.54 Å². The number of nitrogens with one attached hydrogen (secondary N) is 1. The number of benzene rings is 2. The summed E-state index contributed by atoms with van der Waals surface area (Å²) in [7, 11) is 0. The van der Waals surface area contributed by atoms with Gasteiger partial charge in [0.05, 0.1) is 0 Å². The maximum absolute atomic E-state index is 3.37. The van der Waals surface area contributed by atoms with E-state index in [1.54, 1.807) is 0 Å². The fourth-order valence-corrected chi connectivity index (χ4v) is 2.28. The molecule has 2 aromatic carbocycles. The Bertz CT molecular complexity index is 499. The van der Waals surface area contributed by atoms with E-state index in [1.807, 2.05) is 0 Å². The first-order chi connectivity index (χ1) is 9.33. The van der Waals surface area contributed by atoms with Crippen LogP contribution in [-0.4, -0.2) is 6.54 Å². The Morgan fingerprint density at radius 3 is 2.32 bits per heavy atom. The summed E-state index contributed by atoms with van der Waals surface area (Å²) in [5.41, 5.74) is 5.38. The fourth-order valence-electron chi connectivity index (χ4n) is 2.28. The van der Waals surface area contributed by atoms with Crippen molar-refractivity contribution in [1.29, 1.82) is 0 Å². The van der Waals surface area contributed by atoms with Gasteiger partial charge in [-0.3, -0.25) is 0 Å². The first kappa shape index (κ1) is 13.8. The molecule has 0 unspecified atom stereocenters. The molecule has 1 heteroatoms. The Morgan fingerprint density at radius 1 is 0.842 bits per heavy atom. The molecule has 0 aliphatic rings. The predicted molar refractivity (Wildman–Crippen MR) is 83.3 cm³/mol. The van der Waals surface area contributed by atoms with Gasteiger partial charge in [0.25, 0.3) is 0 Å². The summed E-state index contributed by atoms with van der Waals surface area (Å²) < 4.78 is 0. The van der Waals surface area contributed by atoms with Crippen LogP contribution in [0.3, 0.4) is 0 Å². The molecule has 2 rings (SSSR count). The van der Waals surface area contributed by atoms with E-state index in [0.717, 1.165) is 13.1 Å². The van der Waals surface area contributed by atoms with Gasteiger partial charge in [-0.1, -0.05) is 62.7 Å². The second-order valence-electron chi connectivity index (χ2n) is 4.93. The van der Waals surface area contributed by atoms with Gasteiger partial charge in [0, 0.05) is 6.54 Å². The minimum atomic E-state index is 0.943. The lowest BCUT2D eigenvalue weighted by molar-refractivity contribution is 0.727. The fraction of sp³-hybridized carbons (Fsp3) is 0.333. The molecule has 100 valence electrons. The van der Waals surface area contributed by atoms with E-state index in [-0.39, 0.29) is 0 Å². The van der Waals surface area contributed by atoms with Crippen LogP contribution in [0.1, 0.15) is 31.4 Å². The van der Waals surface area contributed by atoms with Crippen LogP contribution in [-0.2, 0) is 13.0 Å². The van der Waals surface area contributed by atoms with E-state index >= 15 is 0 Å². The third kappa shape index (κ3) is 3.93. The highest BCUT2D eigenvalue weighted by atomic mass is 14.8. The molecule has 0 spiro atoms. The van der Waals surface area contributed by atoms with Crippen molar-refractivity contribution >= 4 is 0 Å². The van der Waals surface area contributed by atoms with E-state index in [1.165, 1.54) is 35.1 Å². The molecule has 0 saturated heterocycles. The molecule has 1 N–H and O–H groups in total. The molecule has 0 fully saturated rings. The highest BCUT2D eigenvalue weighted by Gasteiger charge is 2.00. The second kappa shape index (κ2) is 7.10. The van der Waals surface area contributed by atoms with Gasteiger partial charge in [0.15, 0.2) is 0 Å². The first-order valence-electron chi connectivity index (χ1n) is 7.22. The van der Waals surface area contributed by atoms with Gasteiger partial charge in [-0.25, -0.2) is 0 Å². The lowest BCUT2D eigenvalue weighted by atomic mass is 10.0. The summed E-state index contributed by atoms with van der Waals surface area (Å²) >= 11 is 0. The van der Waals surface area contributed by atoms with E-state index in [9.17, 15) is 0 Å². The molecule has 0 aromatic heterocycles. The normalized spacial score (nSPS) is 10.6. The molecule has 0 heterocycles. The molecular formula is C18H23N. The summed E-state index contributed by atoms with van der Waals surface area (Å²) in [5, 5.41) is 3.37. The maximum Gasteiger partial charge on any atom is 0.0205 e. The largest absolute Gasteiger partial charge is 0.313 e. The Balaban J connectivity index is 2.16. The van der Waals surface area contributed by atoms with Gasteiger partial charge in [-0.2, -0.15) is 0 Å². The molecule has 1 nitrogen and oxygen atoms in total. The second-order valence-corrected chi connectivity index (χ2v) is 4.93. The maximum atomic E-state index is 3.37. The summed E-state index contributed by atoms with van der Waals surface area (Å²) in [6.45, 7) is 6.31. The molecule has 0 amide bonds. The highest BCUT2D eigenvalue weighted by Crippen LogP contribution is 2.21. The van der Waals surface area contributed by atoms with E-state index in [4.69, 9.17) is 0 Å². The van der Waals surface area contributed by atoms with Crippen molar-refractivity contribution in [3.63, 3.8) is 0 Å². The number of aryl methyl sites for hydroxylation is 1. The number of rotatable bonds is 6. The molecular weight excluding hydrogens is 230 g/mol. The van der Waals surface area contributed by atoms with Gasteiger partial charge >= 0.3 is 0 Å². The third-order valence-corrected chi connectivity index (χ3v) is 3.33. The third-order valence-electron chi connectivity index (χ3n) is 3.33. The van der Waals surface area contributed by atoms with Crippen LogP contribution in [0.25, 0.3) is 11.1 Å². The molecule has 0 bridgehead atoms. The minimum Gasteiger partial charge on any atom is -0.313 e. The number of hydrogen-bond acceptors (Lipinski definition) is 1. The van der Waals surface area contributed by atoms with Crippen molar-refractivity contribution in [2.45, 2.75) is 33.2 Å². The van der Waals surface area contributed by atoms with Crippen LogP contribution in [0.4, 0.5) is 0 Å². The summed E-state index contributed by atoms with van der Waals surface area (Å²) in [5.74, 6) is 0. The van der Waals surface area contributed by atoms with E-state index in [0.29, 0.717) is 0 Å². The van der Waals surface area contributed by atoms with Crippen LogP contribution in [0.15, 0.2) is 48.5 Å². The van der Waals surface area contributed by atoms with Gasteiger partial charge in [0.2, 0.25) is 0 Å². The van der Waals surface area contributed by atoms with Crippen LogP contribution in [0.5, 0.6) is 0 Å². The molecule has 0 radical (unpaired) electrons. The molecule has 0 aliphatic carbocycles. The summed E-state index contributed by atoms with van der Waals surface area (Å²) in [6.07, 6.45) is 2.37. The average molecular weight is 253 g/mol. The highest BCUT2D eigenvalue weighted by molar-refractivity contribution is 5.64. The zero-order valence-electron chi connectivity index (χ0n) is 11.9. The lowest BCUT2D eigenvalue weighted by Gasteiger charge is -2.07. The van der Waals surface area contributed by atoms with E-state index in [2.05, 4.69) is 67.7 Å². The predicted octanol–water partition coefficient (Wildman–Crippen LogP) is 4.42. The van der Waals surface area contributed by atoms with Crippen molar-refractivity contribution in [1.82, 2.24) is 5.32 Å². The molecule has 0 aliphatic heterocycles. The average Bonchev–Trinajstić information content (AvgIpc) is 2.46. The quantitative estimate of drug-likeness (QED) is 0.803. The summed E-state index contributed by atoms with van der Waals surface area (Å²) in [4.78, 5) is 0. The van der Waals surface area contributed by atoms with Gasteiger partial charge in [0.1, 0.15) is 0 Å². The molecule has 0 saturated carbocycles. The zero-order valence-corrected chi connectivity index (χ0v) is 11.9. The standard InChI is InChI=1S/C18H23N/c1-3-6-15-9-11-17(12-10-15)18-8-5-7-16(13-18)14-19-4-2/h5,7-13,19H,3-4,6,14H2,1-2H3. The molecule has 19 heavy (non-hydrogen) atoms. The Labute approximate surface area is 116 Å². The lowest BCUT2D eigenvalue weighted by Crippen LogP contribution is -2.11. The van der Waals surface area contributed by atoms with Crippen LogP contribution >= 0.6 is 0 Å². The van der Waals surface area contributed by atoms with Crippen LogP contribution in [0, 0.1) is 0 Å². The van der Waals surface area contributed by atoms with E-state index < -0.39 is 0 Å². The molecule has 2 aromatic rings. The van der Waals surface area contributed by atoms with Crippen LogP contribution in [0.2, 0.25) is 0 Å². The SMILES string of the molecule is CCCc1ccc(-c2cccc(CNCC)c2)cc1. The Hall–Kier alpha value is -1.60. The Morgan fingerprint density at radius 2 is 1.63 bits per heavy atom. The number of hydrogen-bond donors (Lipinski definition) is 1. The molecule has 0 atom stereocenters. The van der Waals surface area contributed by atoms with Crippen molar-refractivity contribution in [3.8, 4) is 11.1 Å². The Kier molecular flexibility index (Phi) is 5.17. The van der Waals surface area contributed by atoms with Crippen molar-refractivity contribution in [2.24, 2.45) is 0 Å². The van der Waals surface area contributed by atoms with Crippen molar-refractivity contribution < 1.29 is 0 Å². The smallest absolute Gasteiger partial charge is 0.0205 e.